The third-order valence-electron chi connectivity index (χ3n) is 6.14. The molecule has 4 heteroatoms. The molecule has 0 radical (unpaired) electrons. The van der Waals surface area contributed by atoms with Crippen LogP contribution >= 0.6 is 12.2 Å². The van der Waals surface area contributed by atoms with Crippen LogP contribution in [0.3, 0.4) is 0 Å². The van der Waals surface area contributed by atoms with Crippen LogP contribution in [-0.4, -0.2) is 18.3 Å². The quantitative estimate of drug-likeness (QED) is 0.828. The van der Waals surface area contributed by atoms with Gasteiger partial charge in [-0.15, -0.1) is 0 Å². The summed E-state index contributed by atoms with van der Waals surface area (Å²) in [4.78, 5) is 0. The van der Waals surface area contributed by atoms with Gasteiger partial charge in [-0.3, -0.25) is 0 Å². The number of hydrogen-bond acceptors (Lipinski definition) is 2. The van der Waals surface area contributed by atoms with Crippen LogP contribution in [0.1, 0.15) is 37.7 Å². The van der Waals surface area contributed by atoms with E-state index in [4.69, 9.17) is 17.0 Å². The van der Waals surface area contributed by atoms with Crippen molar-refractivity contribution in [1.29, 1.82) is 0 Å². The van der Waals surface area contributed by atoms with E-state index in [1.807, 2.05) is 12.1 Å². The van der Waals surface area contributed by atoms with Crippen LogP contribution in [0.15, 0.2) is 24.3 Å². The van der Waals surface area contributed by atoms with Crippen molar-refractivity contribution in [3.05, 3.63) is 29.8 Å². The van der Waals surface area contributed by atoms with Crippen LogP contribution in [0.5, 0.6) is 5.75 Å². The number of hydrogen-bond donors (Lipinski definition) is 2. The molecule has 5 rings (SSSR count). The van der Waals surface area contributed by atoms with Gasteiger partial charge in [0.1, 0.15) is 5.75 Å². The fourth-order valence-electron chi connectivity index (χ4n) is 5.29. The predicted molar refractivity (Wildman–Crippen MR) is 96.4 cm³/mol. The molecule has 0 saturated heterocycles. The predicted octanol–water partition coefficient (Wildman–Crippen LogP) is 3.48. The van der Waals surface area contributed by atoms with E-state index >= 15 is 0 Å². The highest BCUT2D eigenvalue weighted by Gasteiger charge is 2.48. The van der Waals surface area contributed by atoms with Crippen molar-refractivity contribution in [3.8, 4) is 5.75 Å². The van der Waals surface area contributed by atoms with Gasteiger partial charge >= 0.3 is 0 Å². The molecule has 0 heterocycles. The van der Waals surface area contributed by atoms with Gasteiger partial charge in [-0.05, 0) is 85.7 Å². The van der Waals surface area contributed by atoms with E-state index in [2.05, 4.69) is 22.8 Å². The van der Waals surface area contributed by atoms with Gasteiger partial charge in [0.2, 0.25) is 0 Å². The molecule has 0 amide bonds. The molecule has 4 aliphatic rings. The Labute approximate surface area is 144 Å². The lowest BCUT2D eigenvalue weighted by Crippen LogP contribution is -2.57. The molecule has 4 saturated carbocycles. The van der Waals surface area contributed by atoms with E-state index in [1.165, 1.54) is 37.7 Å². The van der Waals surface area contributed by atoms with Crippen molar-refractivity contribution in [2.24, 2.45) is 23.7 Å². The fraction of sp³-hybridized carbons (Fsp3) is 0.632. The molecule has 124 valence electrons. The molecule has 4 fully saturated rings. The van der Waals surface area contributed by atoms with E-state index in [0.717, 1.165) is 41.1 Å². The molecular formula is C19H26N2OS. The van der Waals surface area contributed by atoms with Crippen LogP contribution < -0.4 is 15.4 Å². The van der Waals surface area contributed by atoms with Gasteiger partial charge in [-0.2, -0.15) is 0 Å². The summed E-state index contributed by atoms with van der Waals surface area (Å²) < 4.78 is 5.19. The first kappa shape index (κ1) is 15.3. The minimum Gasteiger partial charge on any atom is -0.497 e. The van der Waals surface area contributed by atoms with E-state index in [1.54, 1.807) is 7.11 Å². The fourth-order valence-corrected chi connectivity index (χ4v) is 5.50. The van der Waals surface area contributed by atoms with Gasteiger partial charge in [0.05, 0.1) is 7.11 Å². The number of ether oxygens (including phenoxy) is 1. The summed E-state index contributed by atoms with van der Waals surface area (Å²) in [5, 5.41) is 7.84. The first-order valence-corrected chi connectivity index (χ1v) is 9.29. The summed E-state index contributed by atoms with van der Waals surface area (Å²) in [6.45, 7) is 0.767. The molecule has 4 aliphatic carbocycles. The van der Waals surface area contributed by atoms with E-state index in [-0.39, 0.29) is 0 Å². The largest absolute Gasteiger partial charge is 0.497 e. The lowest BCUT2D eigenvalue weighted by molar-refractivity contribution is -0.00694. The molecule has 23 heavy (non-hydrogen) atoms. The van der Waals surface area contributed by atoms with Crippen molar-refractivity contribution in [2.75, 3.05) is 7.11 Å². The lowest BCUT2D eigenvalue weighted by atomic mass is 9.54. The lowest BCUT2D eigenvalue weighted by Gasteiger charge is -2.54. The number of benzene rings is 1. The summed E-state index contributed by atoms with van der Waals surface area (Å²) in [6.07, 6.45) is 7.19. The van der Waals surface area contributed by atoms with Gasteiger partial charge in [-0.1, -0.05) is 12.1 Å². The number of thiocarbonyl (C=S) groups is 1. The maximum Gasteiger partial charge on any atom is 0.166 e. The molecule has 2 N–H and O–H groups in total. The van der Waals surface area contributed by atoms with Crippen molar-refractivity contribution in [2.45, 2.75) is 44.7 Å². The minimum absolute atomic E-state index is 0.610. The molecule has 0 aliphatic heterocycles. The number of methoxy groups -OCH3 is 1. The Kier molecular flexibility index (Phi) is 4.18. The Hall–Kier alpha value is -1.29. The zero-order chi connectivity index (χ0) is 15.8. The summed E-state index contributed by atoms with van der Waals surface area (Å²) >= 11 is 5.55. The third kappa shape index (κ3) is 3.18. The van der Waals surface area contributed by atoms with Gasteiger partial charge in [0.25, 0.3) is 0 Å². The molecule has 4 bridgehead atoms. The highest BCUT2D eigenvalue weighted by atomic mass is 32.1. The zero-order valence-electron chi connectivity index (χ0n) is 13.8. The Balaban J connectivity index is 1.30. The summed E-state index contributed by atoms with van der Waals surface area (Å²) in [7, 11) is 1.69. The van der Waals surface area contributed by atoms with Crippen LogP contribution in [-0.2, 0) is 6.54 Å². The normalized spacial score (nSPS) is 34.2. The molecular weight excluding hydrogens is 304 g/mol. The Morgan fingerprint density at radius 1 is 1.04 bits per heavy atom. The van der Waals surface area contributed by atoms with Crippen LogP contribution in [0.2, 0.25) is 0 Å². The molecule has 0 unspecified atom stereocenters. The third-order valence-corrected chi connectivity index (χ3v) is 6.40. The summed E-state index contributed by atoms with van der Waals surface area (Å²) in [5.41, 5.74) is 1.22. The van der Waals surface area contributed by atoms with Crippen molar-refractivity contribution < 1.29 is 4.74 Å². The first-order valence-electron chi connectivity index (χ1n) is 8.88. The average Bonchev–Trinajstić information content (AvgIpc) is 2.56. The van der Waals surface area contributed by atoms with E-state index in [9.17, 15) is 0 Å². The van der Waals surface area contributed by atoms with Crippen LogP contribution in [0.25, 0.3) is 0 Å². The van der Waals surface area contributed by atoms with Crippen LogP contribution in [0, 0.1) is 23.7 Å². The summed E-state index contributed by atoms with van der Waals surface area (Å²) in [6, 6.07) is 8.75. The second-order valence-corrected chi connectivity index (χ2v) is 8.04. The SMILES string of the molecule is COc1ccc(CNC(=S)NC2C3CC4CC(C3)CC2C4)cc1. The van der Waals surface area contributed by atoms with Gasteiger partial charge in [0.15, 0.2) is 5.11 Å². The van der Waals surface area contributed by atoms with Crippen molar-refractivity contribution in [3.63, 3.8) is 0 Å². The molecule has 0 aromatic heterocycles. The zero-order valence-corrected chi connectivity index (χ0v) is 14.6. The summed E-state index contributed by atoms with van der Waals surface area (Å²) in [5.74, 6) is 4.62. The number of nitrogens with one attached hydrogen (secondary N) is 2. The second-order valence-electron chi connectivity index (χ2n) is 7.63. The van der Waals surface area contributed by atoms with Gasteiger partial charge in [0, 0.05) is 12.6 Å². The van der Waals surface area contributed by atoms with E-state index in [0.29, 0.717) is 6.04 Å². The topological polar surface area (TPSA) is 33.3 Å². The molecule has 1 aromatic rings. The van der Waals surface area contributed by atoms with Gasteiger partial charge in [-0.25, -0.2) is 0 Å². The standard InChI is InChI=1S/C19H26N2OS/c1-22-17-4-2-12(3-5-17)11-20-19(23)21-18-15-7-13-6-14(9-15)10-16(18)8-13/h2-5,13-16,18H,6-11H2,1H3,(H2,20,21,23). The average molecular weight is 330 g/mol. The Morgan fingerprint density at radius 3 is 2.22 bits per heavy atom. The maximum atomic E-state index is 5.55. The second kappa shape index (κ2) is 6.31. The Bertz CT molecular complexity index is 543. The van der Waals surface area contributed by atoms with Crippen molar-refractivity contribution in [1.82, 2.24) is 10.6 Å². The van der Waals surface area contributed by atoms with E-state index < -0.39 is 0 Å². The number of rotatable bonds is 4. The first-order chi connectivity index (χ1) is 11.2. The monoisotopic (exact) mass is 330 g/mol. The Morgan fingerprint density at radius 2 is 1.65 bits per heavy atom. The molecule has 0 atom stereocenters. The smallest absolute Gasteiger partial charge is 0.166 e. The highest BCUT2D eigenvalue weighted by Crippen LogP contribution is 2.53. The maximum absolute atomic E-state index is 5.55. The molecule has 0 spiro atoms. The highest BCUT2D eigenvalue weighted by molar-refractivity contribution is 7.80. The van der Waals surface area contributed by atoms with Crippen molar-refractivity contribution >= 4 is 17.3 Å². The van der Waals surface area contributed by atoms with Gasteiger partial charge < -0.3 is 15.4 Å². The minimum atomic E-state index is 0.610. The van der Waals surface area contributed by atoms with Crippen LogP contribution in [0.4, 0.5) is 0 Å². The molecule has 3 nitrogen and oxygen atoms in total. The molecule has 1 aromatic carbocycles.